The van der Waals surface area contributed by atoms with Crippen LogP contribution < -0.4 is 15.4 Å². The predicted octanol–water partition coefficient (Wildman–Crippen LogP) is 1.93. The molecule has 12 nitrogen and oxygen atoms in total. The summed E-state index contributed by atoms with van der Waals surface area (Å²) in [6, 6.07) is 11.3. The number of hydrogen-bond acceptors (Lipinski definition) is 9. The molecule has 0 aliphatic carbocycles. The number of anilines is 1. The first kappa shape index (κ1) is 24.7. The number of carbonyl (C=O) groups excluding carboxylic acids is 2. The molecule has 0 saturated carbocycles. The van der Waals surface area contributed by atoms with Crippen molar-refractivity contribution < 1.29 is 24.4 Å². The second-order valence-corrected chi connectivity index (χ2v) is 7.92. The number of nitrogens with one attached hydrogen (secondary N) is 2. The maximum Gasteiger partial charge on any atom is 0.271 e. The monoisotopic (exact) mass is 486 g/mol. The highest BCUT2D eigenvalue weighted by atomic mass is 32.2. The Balaban J connectivity index is 1.61. The number of aliphatic hydroxyl groups excluding tert-OH is 1. The molecule has 0 aliphatic heterocycles. The summed E-state index contributed by atoms with van der Waals surface area (Å²) in [4.78, 5) is 35.1. The van der Waals surface area contributed by atoms with Gasteiger partial charge < -0.3 is 25.0 Å². The third-order valence-corrected chi connectivity index (χ3v) is 5.71. The van der Waals surface area contributed by atoms with E-state index >= 15 is 0 Å². The zero-order valence-corrected chi connectivity index (χ0v) is 19.1. The van der Waals surface area contributed by atoms with Crippen LogP contribution in [-0.2, 0) is 11.8 Å². The van der Waals surface area contributed by atoms with Crippen LogP contribution in [0.5, 0.6) is 5.75 Å². The van der Waals surface area contributed by atoms with Crippen LogP contribution in [0.3, 0.4) is 0 Å². The predicted molar refractivity (Wildman–Crippen MR) is 124 cm³/mol. The summed E-state index contributed by atoms with van der Waals surface area (Å²) in [5.74, 6) is 0.0962. The van der Waals surface area contributed by atoms with E-state index in [0.717, 1.165) is 11.8 Å². The van der Waals surface area contributed by atoms with E-state index in [1.807, 2.05) is 0 Å². The Morgan fingerprint density at radius 1 is 1.24 bits per heavy atom. The molecular weight excluding hydrogens is 464 g/mol. The lowest BCUT2D eigenvalue weighted by Crippen LogP contribution is -2.32. The molecule has 3 aromatic rings. The van der Waals surface area contributed by atoms with Crippen molar-refractivity contribution in [3.63, 3.8) is 0 Å². The van der Waals surface area contributed by atoms with Crippen molar-refractivity contribution in [2.45, 2.75) is 11.2 Å². The average molecular weight is 487 g/mol. The lowest BCUT2D eigenvalue weighted by molar-refractivity contribution is -0.384. The molecule has 1 heterocycles. The summed E-state index contributed by atoms with van der Waals surface area (Å²) >= 11 is 1.09. The number of aromatic nitrogens is 3. The Kier molecular flexibility index (Phi) is 8.16. The fraction of sp³-hybridized carbons (Fsp3) is 0.238. The second-order valence-electron chi connectivity index (χ2n) is 6.98. The van der Waals surface area contributed by atoms with Gasteiger partial charge in [-0.3, -0.25) is 19.7 Å². The average Bonchev–Trinajstić information content (AvgIpc) is 3.21. The number of nitrogens with zero attached hydrogens (tertiary/aromatic N) is 4. The molecular formula is C21H22N6O6S. The van der Waals surface area contributed by atoms with Crippen LogP contribution in [0.4, 0.5) is 11.4 Å². The number of nitro groups is 1. The molecule has 2 amide bonds. The Morgan fingerprint density at radius 2 is 1.97 bits per heavy atom. The van der Waals surface area contributed by atoms with Crippen LogP contribution in [0.2, 0.25) is 0 Å². The van der Waals surface area contributed by atoms with Gasteiger partial charge in [-0.2, -0.15) is 0 Å². The zero-order chi connectivity index (χ0) is 24.7. The largest absolute Gasteiger partial charge is 0.497 e. The van der Waals surface area contributed by atoms with Gasteiger partial charge in [0.25, 0.3) is 11.6 Å². The van der Waals surface area contributed by atoms with Gasteiger partial charge in [0, 0.05) is 30.4 Å². The standard InChI is InChI=1S/C21H22N6O6S/c1-26-19(17(11-28)23-20(30)13-6-8-16(33-2)9-7-13)24-25-21(26)34-12-18(29)22-14-4-3-5-15(10-14)27(31)32/h3-10,17,28H,11-12H2,1-2H3,(H,22,29)(H,23,30). The molecule has 34 heavy (non-hydrogen) atoms. The van der Waals surface area contributed by atoms with E-state index in [2.05, 4.69) is 20.8 Å². The van der Waals surface area contributed by atoms with Gasteiger partial charge in [-0.15, -0.1) is 10.2 Å². The van der Waals surface area contributed by atoms with Crippen LogP contribution in [0.1, 0.15) is 22.2 Å². The second kappa shape index (κ2) is 11.2. The zero-order valence-electron chi connectivity index (χ0n) is 18.3. The first-order valence-electron chi connectivity index (χ1n) is 9.94. The summed E-state index contributed by atoms with van der Waals surface area (Å²) in [6.45, 7) is -0.411. The fourth-order valence-corrected chi connectivity index (χ4v) is 3.67. The third-order valence-electron chi connectivity index (χ3n) is 4.69. The molecule has 2 aromatic carbocycles. The van der Waals surface area contributed by atoms with Gasteiger partial charge in [0.05, 0.1) is 24.4 Å². The number of thioether (sulfide) groups is 1. The number of benzene rings is 2. The highest BCUT2D eigenvalue weighted by Crippen LogP contribution is 2.21. The fourth-order valence-electron chi connectivity index (χ4n) is 2.96. The summed E-state index contributed by atoms with van der Waals surface area (Å²) in [7, 11) is 3.18. The van der Waals surface area contributed by atoms with Crippen molar-refractivity contribution in [1.29, 1.82) is 0 Å². The topological polar surface area (TPSA) is 162 Å². The molecule has 0 aliphatic rings. The van der Waals surface area contributed by atoms with E-state index in [0.29, 0.717) is 28.0 Å². The molecule has 0 radical (unpaired) electrons. The first-order valence-corrected chi connectivity index (χ1v) is 10.9. The molecule has 3 rings (SSSR count). The van der Waals surface area contributed by atoms with Crippen molar-refractivity contribution in [1.82, 2.24) is 20.1 Å². The van der Waals surface area contributed by atoms with Crippen molar-refractivity contribution in [3.8, 4) is 5.75 Å². The van der Waals surface area contributed by atoms with Crippen LogP contribution in [0.25, 0.3) is 0 Å². The van der Waals surface area contributed by atoms with Crippen molar-refractivity contribution in [2.24, 2.45) is 7.05 Å². The van der Waals surface area contributed by atoms with Gasteiger partial charge in [-0.05, 0) is 30.3 Å². The number of carbonyl (C=O) groups is 2. The highest BCUT2D eigenvalue weighted by Gasteiger charge is 2.22. The summed E-state index contributed by atoms with van der Waals surface area (Å²) < 4.78 is 6.65. The quantitative estimate of drug-likeness (QED) is 0.221. The SMILES string of the molecule is COc1ccc(C(=O)NC(CO)c2nnc(SCC(=O)Nc3cccc([N+](=O)[O-])c3)n2C)cc1. The van der Waals surface area contributed by atoms with Gasteiger partial charge in [-0.1, -0.05) is 17.8 Å². The Bertz CT molecular complexity index is 1180. The molecule has 0 spiro atoms. The van der Waals surface area contributed by atoms with Crippen LogP contribution >= 0.6 is 11.8 Å². The summed E-state index contributed by atoms with van der Waals surface area (Å²) in [5, 5.41) is 34.4. The Labute approximate surface area is 198 Å². The Morgan fingerprint density at radius 3 is 2.62 bits per heavy atom. The number of aliphatic hydroxyl groups is 1. The van der Waals surface area contributed by atoms with Crippen molar-refractivity contribution in [3.05, 3.63) is 70.0 Å². The van der Waals surface area contributed by atoms with Gasteiger partial charge in [0.1, 0.15) is 11.8 Å². The lowest BCUT2D eigenvalue weighted by atomic mass is 10.2. The first-order chi connectivity index (χ1) is 16.3. The summed E-state index contributed by atoms with van der Waals surface area (Å²) in [6.07, 6.45) is 0. The maximum atomic E-state index is 12.5. The van der Waals surface area contributed by atoms with Gasteiger partial charge in [0.15, 0.2) is 11.0 Å². The molecule has 1 unspecified atom stereocenters. The molecule has 3 N–H and O–H groups in total. The number of non-ortho nitro benzene ring substituents is 1. The van der Waals surface area contributed by atoms with E-state index in [4.69, 9.17) is 4.74 Å². The number of ether oxygens (including phenoxy) is 1. The van der Waals surface area contributed by atoms with E-state index in [-0.39, 0.29) is 17.3 Å². The van der Waals surface area contributed by atoms with E-state index in [9.17, 15) is 24.8 Å². The molecule has 1 aromatic heterocycles. The molecule has 0 bridgehead atoms. The summed E-state index contributed by atoms with van der Waals surface area (Å²) in [5.41, 5.74) is 0.559. The van der Waals surface area contributed by atoms with Crippen molar-refractivity contribution >= 4 is 35.0 Å². The Hall–Kier alpha value is -3.97. The number of hydrogen-bond donors (Lipinski definition) is 3. The third kappa shape index (κ3) is 6.08. The number of rotatable bonds is 10. The lowest BCUT2D eigenvalue weighted by Gasteiger charge is -2.16. The minimum Gasteiger partial charge on any atom is -0.497 e. The molecule has 13 heteroatoms. The molecule has 0 saturated heterocycles. The van der Waals surface area contributed by atoms with Crippen LogP contribution in [-0.4, -0.2) is 56.1 Å². The minimum atomic E-state index is -0.819. The molecule has 1 atom stereocenters. The van der Waals surface area contributed by atoms with Crippen LogP contribution in [0, 0.1) is 10.1 Å². The maximum absolute atomic E-state index is 12.5. The normalized spacial score (nSPS) is 11.5. The molecule has 0 fully saturated rings. The van der Waals surface area contributed by atoms with Crippen molar-refractivity contribution in [2.75, 3.05) is 24.8 Å². The van der Waals surface area contributed by atoms with E-state index < -0.39 is 23.5 Å². The number of methoxy groups -OCH3 is 1. The number of amides is 2. The van der Waals surface area contributed by atoms with Gasteiger partial charge in [-0.25, -0.2) is 0 Å². The molecule has 178 valence electrons. The van der Waals surface area contributed by atoms with Gasteiger partial charge in [0.2, 0.25) is 5.91 Å². The minimum absolute atomic E-state index is 0.0311. The highest BCUT2D eigenvalue weighted by molar-refractivity contribution is 7.99. The van der Waals surface area contributed by atoms with E-state index in [1.165, 1.54) is 25.3 Å². The smallest absolute Gasteiger partial charge is 0.271 e. The number of nitro benzene ring substituents is 1. The van der Waals surface area contributed by atoms with Crippen LogP contribution in [0.15, 0.2) is 53.7 Å². The van der Waals surface area contributed by atoms with E-state index in [1.54, 1.807) is 41.9 Å². The van der Waals surface area contributed by atoms with Gasteiger partial charge >= 0.3 is 0 Å².